The van der Waals surface area contributed by atoms with Crippen LogP contribution in [0.3, 0.4) is 0 Å². The van der Waals surface area contributed by atoms with Crippen molar-refractivity contribution in [2.24, 2.45) is 0 Å². The summed E-state index contributed by atoms with van der Waals surface area (Å²) in [6.45, 7) is 2.09. The SMILES string of the molecule is Cc1ccc(C(Nc2ccccc2)=[NH+]c2nc3ccccc3s2)cc1. The van der Waals surface area contributed by atoms with Crippen LogP contribution in [0.4, 0.5) is 10.8 Å². The molecule has 0 amide bonds. The van der Waals surface area contributed by atoms with Crippen LogP contribution in [-0.4, -0.2) is 10.8 Å². The van der Waals surface area contributed by atoms with E-state index in [1.807, 2.05) is 48.5 Å². The Morgan fingerprint density at radius 3 is 2.36 bits per heavy atom. The van der Waals surface area contributed by atoms with Gasteiger partial charge in [0.15, 0.2) is 5.52 Å². The van der Waals surface area contributed by atoms with E-state index in [1.165, 1.54) is 10.3 Å². The molecule has 1 aromatic heterocycles. The van der Waals surface area contributed by atoms with Gasteiger partial charge in [0, 0.05) is 5.56 Å². The van der Waals surface area contributed by atoms with E-state index >= 15 is 0 Å². The topological polar surface area (TPSA) is 38.9 Å². The van der Waals surface area contributed by atoms with E-state index < -0.39 is 0 Å². The van der Waals surface area contributed by atoms with E-state index in [9.17, 15) is 0 Å². The van der Waals surface area contributed by atoms with Crippen molar-refractivity contribution in [3.63, 3.8) is 0 Å². The van der Waals surface area contributed by atoms with Gasteiger partial charge in [0.25, 0.3) is 0 Å². The predicted octanol–water partition coefficient (Wildman–Crippen LogP) is 3.88. The third-order valence-electron chi connectivity index (χ3n) is 3.91. The number of hydrogen-bond donors (Lipinski definition) is 2. The van der Waals surface area contributed by atoms with Gasteiger partial charge in [-0.05, 0) is 43.3 Å². The van der Waals surface area contributed by atoms with Gasteiger partial charge in [0.1, 0.15) is 0 Å². The molecule has 0 saturated carbocycles. The zero-order valence-electron chi connectivity index (χ0n) is 13.9. The maximum Gasteiger partial charge on any atom is 0.319 e. The zero-order chi connectivity index (χ0) is 17.1. The van der Waals surface area contributed by atoms with E-state index in [-0.39, 0.29) is 0 Å². The standard InChI is InChI=1S/C21H17N3S/c1-15-11-13-16(14-12-15)20(22-17-7-3-2-4-8-17)24-21-23-18-9-5-6-10-19(18)25-21/h2-14H,1H3,(H,22,23,24)/p+1. The summed E-state index contributed by atoms with van der Waals surface area (Å²) in [6.07, 6.45) is 0. The van der Waals surface area contributed by atoms with Crippen molar-refractivity contribution in [1.29, 1.82) is 0 Å². The van der Waals surface area contributed by atoms with E-state index in [0.29, 0.717) is 0 Å². The van der Waals surface area contributed by atoms with Crippen LogP contribution in [0.1, 0.15) is 11.1 Å². The van der Waals surface area contributed by atoms with Gasteiger partial charge in [-0.3, -0.25) is 5.32 Å². The Labute approximate surface area is 150 Å². The second-order valence-corrected chi connectivity index (χ2v) is 6.87. The minimum atomic E-state index is 0.875. The molecule has 0 radical (unpaired) electrons. The number of hydrogen-bond acceptors (Lipinski definition) is 2. The summed E-state index contributed by atoms with van der Waals surface area (Å²) < 4.78 is 1.17. The lowest BCUT2D eigenvalue weighted by molar-refractivity contribution is -0.352. The maximum absolute atomic E-state index is 4.68. The number of nitrogens with zero attached hydrogens (tertiary/aromatic N) is 1. The fourth-order valence-corrected chi connectivity index (χ4v) is 3.46. The molecule has 122 valence electrons. The van der Waals surface area contributed by atoms with Crippen LogP contribution in [0.25, 0.3) is 10.2 Å². The molecular formula is C21H18N3S+. The molecule has 4 heteroatoms. The van der Waals surface area contributed by atoms with Crippen molar-refractivity contribution in [3.05, 3.63) is 90.0 Å². The monoisotopic (exact) mass is 344 g/mol. The molecule has 3 nitrogen and oxygen atoms in total. The van der Waals surface area contributed by atoms with Crippen molar-refractivity contribution in [1.82, 2.24) is 4.98 Å². The van der Waals surface area contributed by atoms with E-state index in [2.05, 4.69) is 52.5 Å². The molecule has 0 bridgehead atoms. The second kappa shape index (κ2) is 6.87. The second-order valence-electron chi connectivity index (χ2n) is 5.84. The fraction of sp³-hybridized carbons (Fsp3) is 0.0476. The average Bonchev–Trinajstić information content (AvgIpc) is 3.05. The van der Waals surface area contributed by atoms with Gasteiger partial charge in [-0.1, -0.05) is 64.3 Å². The Morgan fingerprint density at radius 1 is 0.880 bits per heavy atom. The van der Waals surface area contributed by atoms with Crippen LogP contribution in [-0.2, 0) is 0 Å². The summed E-state index contributed by atoms with van der Waals surface area (Å²) in [5.41, 5.74) is 4.38. The lowest BCUT2D eigenvalue weighted by atomic mass is 10.1. The average molecular weight is 344 g/mol. The first kappa shape index (κ1) is 15.5. The van der Waals surface area contributed by atoms with Crippen molar-refractivity contribution >= 4 is 38.2 Å². The first-order valence-corrected chi connectivity index (χ1v) is 8.98. The third kappa shape index (κ3) is 3.59. The number of rotatable bonds is 3. The number of para-hydroxylation sites is 2. The van der Waals surface area contributed by atoms with E-state index in [1.54, 1.807) is 11.3 Å². The van der Waals surface area contributed by atoms with Gasteiger partial charge in [-0.25, -0.2) is 4.99 Å². The van der Waals surface area contributed by atoms with Gasteiger partial charge in [-0.15, -0.1) is 0 Å². The van der Waals surface area contributed by atoms with Gasteiger partial charge in [0.2, 0.25) is 5.84 Å². The summed E-state index contributed by atoms with van der Waals surface area (Å²) in [5.74, 6) is 0.922. The molecule has 3 aromatic carbocycles. The van der Waals surface area contributed by atoms with Crippen LogP contribution in [0.5, 0.6) is 0 Å². The summed E-state index contributed by atoms with van der Waals surface area (Å²) >= 11 is 1.65. The molecule has 0 atom stereocenters. The van der Waals surface area contributed by atoms with Crippen LogP contribution < -0.4 is 10.3 Å². The molecular weight excluding hydrogens is 326 g/mol. The number of aromatic nitrogens is 1. The first-order chi connectivity index (χ1) is 12.3. The quantitative estimate of drug-likeness (QED) is 0.437. The number of benzene rings is 3. The Morgan fingerprint density at radius 2 is 1.60 bits per heavy atom. The highest BCUT2D eigenvalue weighted by Gasteiger charge is 2.13. The molecule has 0 fully saturated rings. The summed E-state index contributed by atoms with van der Waals surface area (Å²) in [4.78, 5) is 8.15. The number of anilines is 1. The van der Waals surface area contributed by atoms with Gasteiger partial charge in [0.05, 0.1) is 10.4 Å². The van der Waals surface area contributed by atoms with Gasteiger partial charge in [-0.2, -0.15) is 0 Å². The van der Waals surface area contributed by atoms with Crippen LogP contribution >= 0.6 is 11.3 Å². The van der Waals surface area contributed by atoms with Crippen molar-refractivity contribution in [2.45, 2.75) is 6.92 Å². The molecule has 1 heterocycles. The summed E-state index contributed by atoms with van der Waals surface area (Å²) in [6, 6.07) is 26.8. The number of fused-ring (bicyclic) bond motifs is 1. The number of thiazole rings is 1. The minimum absolute atomic E-state index is 0.875. The summed E-state index contributed by atoms with van der Waals surface area (Å²) in [7, 11) is 0. The predicted molar refractivity (Wildman–Crippen MR) is 106 cm³/mol. The molecule has 0 saturated heterocycles. The molecule has 0 unspecified atom stereocenters. The largest absolute Gasteiger partial charge is 0.319 e. The lowest BCUT2D eigenvalue weighted by Crippen LogP contribution is -2.68. The van der Waals surface area contributed by atoms with E-state index in [4.69, 9.17) is 0 Å². The Balaban J connectivity index is 1.76. The van der Waals surface area contributed by atoms with Crippen molar-refractivity contribution < 1.29 is 4.99 Å². The summed E-state index contributed by atoms with van der Waals surface area (Å²) in [5, 5.41) is 4.35. The first-order valence-electron chi connectivity index (χ1n) is 8.16. The zero-order valence-corrected chi connectivity index (χ0v) is 14.7. The normalized spacial score (nSPS) is 11.6. The maximum atomic E-state index is 4.68. The van der Waals surface area contributed by atoms with Crippen molar-refractivity contribution in [2.75, 3.05) is 5.32 Å². The molecule has 25 heavy (non-hydrogen) atoms. The smallest absolute Gasteiger partial charge is 0.273 e. The molecule has 0 aliphatic rings. The highest BCUT2D eigenvalue weighted by molar-refractivity contribution is 7.21. The molecule has 4 rings (SSSR count). The number of aryl methyl sites for hydroxylation is 1. The number of amidine groups is 1. The Bertz CT molecular complexity index is 985. The Kier molecular flexibility index (Phi) is 4.27. The molecule has 0 aliphatic carbocycles. The minimum Gasteiger partial charge on any atom is -0.273 e. The molecule has 0 aliphatic heterocycles. The van der Waals surface area contributed by atoms with Crippen LogP contribution in [0.2, 0.25) is 0 Å². The van der Waals surface area contributed by atoms with Gasteiger partial charge < -0.3 is 0 Å². The van der Waals surface area contributed by atoms with Gasteiger partial charge >= 0.3 is 5.13 Å². The number of nitrogens with one attached hydrogen (secondary N) is 2. The van der Waals surface area contributed by atoms with Crippen LogP contribution in [0.15, 0.2) is 78.9 Å². The fourth-order valence-electron chi connectivity index (χ4n) is 2.59. The highest BCUT2D eigenvalue weighted by atomic mass is 32.1. The molecule has 4 aromatic rings. The molecule has 2 N–H and O–H groups in total. The van der Waals surface area contributed by atoms with E-state index in [0.717, 1.165) is 27.7 Å². The molecule has 0 spiro atoms. The highest BCUT2D eigenvalue weighted by Crippen LogP contribution is 2.21. The Hall–Kier alpha value is -2.98. The third-order valence-corrected chi connectivity index (χ3v) is 4.86. The van der Waals surface area contributed by atoms with Crippen LogP contribution in [0, 0.1) is 6.92 Å². The van der Waals surface area contributed by atoms with Crippen molar-refractivity contribution in [3.8, 4) is 0 Å². The lowest BCUT2D eigenvalue weighted by Gasteiger charge is -2.05.